The van der Waals surface area contributed by atoms with Crippen molar-refractivity contribution in [1.29, 1.82) is 0 Å². The molecular formula is C39H62O8. The first-order valence-corrected chi connectivity index (χ1v) is 17.8. The fourth-order valence-corrected chi connectivity index (χ4v) is 11.5. The Bertz CT molecular complexity index is 1240. The molecule has 266 valence electrons. The van der Waals surface area contributed by atoms with Crippen molar-refractivity contribution in [2.24, 2.45) is 50.2 Å². The molecule has 4 fully saturated rings. The van der Waals surface area contributed by atoms with Crippen LogP contribution in [0, 0.1) is 50.2 Å². The highest BCUT2D eigenvalue weighted by Gasteiger charge is 2.70. The summed E-state index contributed by atoms with van der Waals surface area (Å²) in [7, 11) is 0. The quantitative estimate of drug-likeness (QED) is 0.136. The van der Waals surface area contributed by atoms with E-state index in [-0.39, 0.29) is 40.6 Å². The number of esters is 2. The molecule has 0 bridgehead atoms. The molecule has 12 atom stereocenters. The Balaban J connectivity index is 1.75. The van der Waals surface area contributed by atoms with Crippen LogP contribution in [0.15, 0.2) is 37.0 Å². The fraction of sp³-hybridized carbons (Fsp3) is 0.795. The SMILES string of the molecule is C=CCC1[C@@]2(C)CC[C@H](O)[C@](C)(COC(=O)/C=C/C)C2CC[C@@]1(C)[C@@]1(C)CC2CC(C)(C)[C@@H](O)[C@H](OC(=O)/C=C/C)[C@]2(CO)[C@H](O)C1. The van der Waals surface area contributed by atoms with E-state index in [1.165, 1.54) is 12.2 Å². The second-order valence-corrected chi connectivity index (χ2v) is 17.2. The van der Waals surface area contributed by atoms with Gasteiger partial charge in [0.05, 0.1) is 36.9 Å². The molecule has 4 aliphatic carbocycles. The van der Waals surface area contributed by atoms with Crippen LogP contribution in [0.1, 0.15) is 107 Å². The van der Waals surface area contributed by atoms with Crippen molar-refractivity contribution >= 4 is 11.9 Å². The molecule has 0 heterocycles. The van der Waals surface area contributed by atoms with Crippen LogP contribution in [0.5, 0.6) is 0 Å². The van der Waals surface area contributed by atoms with E-state index >= 15 is 0 Å². The average Bonchev–Trinajstić information content (AvgIpc) is 2.99. The molecule has 4 saturated carbocycles. The van der Waals surface area contributed by atoms with Crippen molar-refractivity contribution < 1.29 is 39.5 Å². The maximum Gasteiger partial charge on any atom is 0.330 e. The van der Waals surface area contributed by atoms with Gasteiger partial charge in [-0.2, -0.15) is 0 Å². The lowest BCUT2D eigenvalue weighted by Gasteiger charge is -2.70. The van der Waals surface area contributed by atoms with Crippen molar-refractivity contribution in [2.45, 2.75) is 131 Å². The normalized spacial score (nSPS) is 46.4. The van der Waals surface area contributed by atoms with Gasteiger partial charge in [0, 0.05) is 17.6 Å². The van der Waals surface area contributed by atoms with Crippen molar-refractivity contribution in [3.8, 4) is 0 Å². The number of carbonyl (C=O) groups is 2. The van der Waals surface area contributed by atoms with Crippen LogP contribution in [0.2, 0.25) is 0 Å². The van der Waals surface area contributed by atoms with Crippen LogP contribution in [0.25, 0.3) is 0 Å². The number of hydrogen-bond acceptors (Lipinski definition) is 8. The second kappa shape index (κ2) is 13.4. The van der Waals surface area contributed by atoms with Crippen LogP contribution in [-0.2, 0) is 19.1 Å². The molecule has 4 rings (SSSR count). The van der Waals surface area contributed by atoms with Crippen LogP contribution in [0.3, 0.4) is 0 Å². The summed E-state index contributed by atoms with van der Waals surface area (Å²) in [6.07, 6.45) is 9.81. The summed E-state index contributed by atoms with van der Waals surface area (Å²) in [6.45, 7) is 20.4. The number of carbonyl (C=O) groups excluding carboxylic acids is 2. The molecule has 47 heavy (non-hydrogen) atoms. The maximum atomic E-state index is 12.8. The number of hydrogen-bond donors (Lipinski definition) is 4. The molecule has 0 aromatic heterocycles. The number of aliphatic hydroxyl groups is 4. The molecule has 0 aromatic carbocycles. The zero-order valence-corrected chi connectivity index (χ0v) is 30.1. The first kappa shape index (κ1) is 37.8. The molecular weight excluding hydrogens is 596 g/mol. The van der Waals surface area contributed by atoms with E-state index in [2.05, 4.69) is 34.3 Å². The minimum absolute atomic E-state index is 0.100. The predicted molar refractivity (Wildman–Crippen MR) is 182 cm³/mol. The summed E-state index contributed by atoms with van der Waals surface area (Å²) < 4.78 is 11.6. The highest BCUT2D eigenvalue weighted by molar-refractivity contribution is 5.82. The first-order chi connectivity index (χ1) is 21.9. The third kappa shape index (κ3) is 5.97. The first-order valence-electron chi connectivity index (χ1n) is 17.8. The Kier molecular flexibility index (Phi) is 10.8. The minimum Gasteiger partial charge on any atom is -0.462 e. The minimum atomic E-state index is -1.19. The Morgan fingerprint density at radius 2 is 1.51 bits per heavy atom. The molecule has 0 aromatic rings. The van der Waals surface area contributed by atoms with E-state index in [0.717, 1.165) is 25.7 Å². The van der Waals surface area contributed by atoms with Crippen LogP contribution >= 0.6 is 0 Å². The molecule has 4 aliphatic rings. The van der Waals surface area contributed by atoms with Gasteiger partial charge >= 0.3 is 11.9 Å². The van der Waals surface area contributed by atoms with Gasteiger partial charge in [0.15, 0.2) is 0 Å². The number of fused-ring (bicyclic) bond motifs is 2. The Hall–Kier alpha value is -2.00. The smallest absolute Gasteiger partial charge is 0.330 e. The molecule has 0 aliphatic heterocycles. The summed E-state index contributed by atoms with van der Waals surface area (Å²) >= 11 is 0. The van der Waals surface area contributed by atoms with Crippen molar-refractivity contribution in [2.75, 3.05) is 13.2 Å². The summed E-state index contributed by atoms with van der Waals surface area (Å²) in [5, 5.41) is 46.3. The lowest BCUT2D eigenvalue weighted by Crippen LogP contribution is -2.70. The number of rotatable bonds is 9. The van der Waals surface area contributed by atoms with Crippen LogP contribution < -0.4 is 0 Å². The van der Waals surface area contributed by atoms with Gasteiger partial charge in [-0.15, -0.1) is 6.58 Å². The summed E-state index contributed by atoms with van der Waals surface area (Å²) in [5.41, 5.74) is -3.23. The van der Waals surface area contributed by atoms with Crippen molar-refractivity contribution in [1.82, 2.24) is 0 Å². The summed E-state index contributed by atoms with van der Waals surface area (Å²) in [4.78, 5) is 25.1. The zero-order valence-electron chi connectivity index (χ0n) is 30.1. The van der Waals surface area contributed by atoms with E-state index in [1.807, 2.05) is 19.9 Å². The van der Waals surface area contributed by atoms with Gasteiger partial charge in [-0.05, 0) is 105 Å². The van der Waals surface area contributed by atoms with Gasteiger partial charge in [0.1, 0.15) is 6.10 Å². The number of aliphatic hydroxyl groups excluding tert-OH is 4. The van der Waals surface area contributed by atoms with E-state index in [1.54, 1.807) is 26.0 Å². The third-order valence-corrected chi connectivity index (χ3v) is 14.4. The summed E-state index contributed by atoms with van der Waals surface area (Å²) in [5.74, 6) is -0.941. The summed E-state index contributed by atoms with van der Waals surface area (Å²) in [6, 6.07) is 0. The Labute approximate surface area is 282 Å². The number of ether oxygens (including phenoxy) is 2. The van der Waals surface area contributed by atoms with Crippen molar-refractivity contribution in [3.05, 3.63) is 37.0 Å². The van der Waals surface area contributed by atoms with Gasteiger partial charge in [0.2, 0.25) is 0 Å². The number of allylic oxidation sites excluding steroid dienone is 3. The average molecular weight is 659 g/mol. The highest BCUT2D eigenvalue weighted by atomic mass is 16.6. The Morgan fingerprint density at radius 3 is 2.11 bits per heavy atom. The maximum absolute atomic E-state index is 12.8. The molecule has 0 radical (unpaired) electrons. The van der Waals surface area contributed by atoms with Crippen LogP contribution in [-0.4, -0.2) is 70.0 Å². The predicted octanol–water partition coefficient (Wildman–Crippen LogP) is 5.92. The molecule has 0 spiro atoms. The third-order valence-electron chi connectivity index (χ3n) is 14.4. The Morgan fingerprint density at radius 1 is 0.872 bits per heavy atom. The van der Waals surface area contributed by atoms with Gasteiger partial charge in [0.25, 0.3) is 0 Å². The second-order valence-electron chi connectivity index (χ2n) is 17.2. The van der Waals surface area contributed by atoms with E-state index in [4.69, 9.17) is 9.47 Å². The van der Waals surface area contributed by atoms with Gasteiger partial charge < -0.3 is 29.9 Å². The van der Waals surface area contributed by atoms with Crippen LogP contribution in [0.4, 0.5) is 0 Å². The molecule has 0 amide bonds. The van der Waals surface area contributed by atoms with Crippen molar-refractivity contribution in [3.63, 3.8) is 0 Å². The standard InChI is InChI=1S/C39H62O8/c1-10-13-27-36(7)18-17-28(41)37(8,24-46-30(43)14-11-2)26(36)16-19-38(27,9)35(6)21-25-20-34(4,5)32(45)33(47-31(44)15-12-3)39(25,23-40)29(42)22-35/h10-12,14-15,25-29,32-33,40-42,45H,1,13,16-24H2,2-9H3/b14-11+,15-12+/t25?,26?,27?,28-,29+,32-,33-,35-,36-,37+,38+,39-/m0/s1. The van der Waals surface area contributed by atoms with E-state index in [9.17, 15) is 30.0 Å². The lowest BCUT2D eigenvalue weighted by atomic mass is 9.35. The van der Waals surface area contributed by atoms with Gasteiger partial charge in [-0.3, -0.25) is 0 Å². The largest absolute Gasteiger partial charge is 0.462 e. The molecule has 4 N–H and O–H groups in total. The molecule has 8 heteroatoms. The monoisotopic (exact) mass is 658 g/mol. The van der Waals surface area contributed by atoms with E-state index < -0.39 is 59.2 Å². The molecule has 8 nitrogen and oxygen atoms in total. The molecule has 0 saturated heterocycles. The van der Waals surface area contributed by atoms with Gasteiger partial charge in [-0.25, -0.2) is 9.59 Å². The van der Waals surface area contributed by atoms with Gasteiger partial charge in [-0.1, -0.05) is 59.8 Å². The fourth-order valence-electron chi connectivity index (χ4n) is 11.5. The van der Waals surface area contributed by atoms with E-state index in [0.29, 0.717) is 25.7 Å². The topological polar surface area (TPSA) is 134 Å². The highest BCUT2D eigenvalue weighted by Crippen LogP contribution is 2.73. The molecule has 3 unspecified atom stereocenters. The zero-order chi connectivity index (χ0) is 35.2. The lowest BCUT2D eigenvalue weighted by molar-refractivity contribution is -0.278.